The molecule has 1 aromatic rings. The summed E-state index contributed by atoms with van der Waals surface area (Å²) in [6, 6.07) is 2.97. The maximum absolute atomic E-state index is 12.8. The smallest absolute Gasteiger partial charge is 0.163 e. The minimum Gasteiger partial charge on any atom is -0.294 e. The van der Waals surface area contributed by atoms with E-state index in [1.807, 2.05) is 0 Å². The predicted molar refractivity (Wildman–Crippen MR) is 52.6 cm³/mol. The van der Waals surface area contributed by atoms with Gasteiger partial charge in [0.25, 0.3) is 0 Å². The predicted octanol–water partition coefficient (Wildman–Crippen LogP) is 3.34. The molecule has 2 rings (SSSR count). The van der Waals surface area contributed by atoms with Crippen molar-refractivity contribution in [1.82, 2.24) is 0 Å². The Morgan fingerprint density at radius 2 is 1.80 bits per heavy atom. The van der Waals surface area contributed by atoms with Crippen molar-refractivity contribution < 1.29 is 13.6 Å². The fourth-order valence-electron chi connectivity index (χ4n) is 1.60. The van der Waals surface area contributed by atoms with Gasteiger partial charge in [-0.2, -0.15) is 0 Å². The van der Waals surface area contributed by atoms with E-state index in [9.17, 15) is 13.6 Å². The van der Waals surface area contributed by atoms with E-state index in [1.165, 1.54) is 12.8 Å². The van der Waals surface area contributed by atoms with E-state index >= 15 is 0 Å². The molecule has 0 saturated heterocycles. The lowest BCUT2D eigenvalue weighted by Crippen LogP contribution is -2.01. The molecule has 0 unspecified atom stereocenters. The van der Waals surface area contributed by atoms with Gasteiger partial charge in [0, 0.05) is 18.1 Å². The number of ketones is 1. The number of benzene rings is 1. The largest absolute Gasteiger partial charge is 0.294 e. The van der Waals surface area contributed by atoms with Gasteiger partial charge >= 0.3 is 0 Å². The Kier molecular flexibility index (Phi) is 2.80. The summed E-state index contributed by atoms with van der Waals surface area (Å²) < 4.78 is 25.6. The third-order valence-electron chi connectivity index (χ3n) is 2.66. The van der Waals surface area contributed by atoms with E-state index in [1.54, 1.807) is 0 Å². The van der Waals surface area contributed by atoms with Crippen LogP contribution in [0.15, 0.2) is 18.2 Å². The fourth-order valence-corrected chi connectivity index (χ4v) is 1.60. The van der Waals surface area contributed by atoms with Gasteiger partial charge in [-0.25, -0.2) is 8.78 Å². The average Bonchev–Trinajstić information content (AvgIpc) is 2.96. The van der Waals surface area contributed by atoms with Gasteiger partial charge in [0.05, 0.1) is 0 Å². The molecule has 80 valence electrons. The summed E-state index contributed by atoms with van der Waals surface area (Å²) in [7, 11) is 0. The van der Waals surface area contributed by atoms with E-state index < -0.39 is 11.6 Å². The summed E-state index contributed by atoms with van der Waals surface area (Å²) in [6.07, 6.45) is 3.61. The molecule has 1 aromatic carbocycles. The zero-order valence-electron chi connectivity index (χ0n) is 8.30. The van der Waals surface area contributed by atoms with Gasteiger partial charge in [-0.15, -0.1) is 0 Å². The van der Waals surface area contributed by atoms with E-state index in [4.69, 9.17) is 0 Å². The zero-order valence-corrected chi connectivity index (χ0v) is 8.30. The third-order valence-corrected chi connectivity index (χ3v) is 2.66. The van der Waals surface area contributed by atoms with Gasteiger partial charge < -0.3 is 0 Å². The second kappa shape index (κ2) is 4.09. The number of carbonyl (C=O) groups is 1. The number of hydrogen-bond donors (Lipinski definition) is 0. The van der Waals surface area contributed by atoms with Crippen LogP contribution < -0.4 is 0 Å². The Labute approximate surface area is 87.1 Å². The van der Waals surface area contributed by atoms with Crippen LogP contribution in [-0.2, 0) is 0 Å². The molecule has 0 aliphatic heterocycles. The van der Waals surface area contributed by atoms with Crippen molar-refractivity contribution >= 4 is 5.78 Å². The highest BCUT2D eigenvalue weighted by molar-refractivity contribution is 5.96. The van der Waals surface area contributed by atoms with Crippen molar-refractivity contribution in [1.29, 1.82) is 0 Å². The van der Waals surface area contributed by atoms with Crippen LogP contribution in [0.5, 0.6) is 0 Å². The Morgan fingerprint density at radius 3 is 2.33 bits per heavy atom. The van der Waals surface area contributed by atoms with E-state index in [0.29, 0.717) is 12.3 Å². The summed E-state index contributed by atoms with van der Waals surface area (Å²) >= 11 is 0. The molecule has 1 fully saturated rings. The molecule has 0 spiro atoms. The van der Waals surface area contributed by atoms with Crippen molar-refractivity contribution in [3.05, 3.63) is 35.4 Å². The molecule has 0 radical (unpaired) electrons. The highest BCUT2D eigenvalue weighted by Gasteiger charge is 2.22. The second-order valence-corrected chi connectivity index (χ2v) is 4.06. The molecule has 0 heterocycles. The number of carbonyl (C=O) groups excluding carboxylic acids is 1. The summed E-state index contributed by atoms with van der Waals surface area (Å²) in [6.45, 7) is 0. The minimum absolute atomic E-state index is 0.146. The number of Topliss-reactive ketones (excluding diaryl/α,β-unsaturated/α-hetero) is 1. The molecule has 1 nitrogen and oxygen atoms in total. The van der Waals surface area contributed by atoms with Crippen molar-refractivity contribution in [2.24, 2.45) is 5.92 Å². The Morgan fingerprint density at radius 1 is 1.20 bits per heavy atom. The highest BCUT2D eigenvalue weighted by atomic mass is 19.1. The van der Waals surface area contributed by atoms with Crippen LogP contribution in [0.3, 0.4) is 0 Å². The van der Waals surface area contributed by atoms with Crippen LogP contribution in [0.2, 0.25) is 0 Å². The van der Waals surface area contributed by atoms with Crippen molar-refractivity contribution in [2.75, 3.05) is 0 Å². The van der Waals surface area contributed by atoms with Crippen LogP contribution in [0.25, 0.3) is 0 Å². The Bertz CT molecular complexity index is 363. The first-order valence-electron chi connectivity index (χ1n) is 5.14. The molecule has 0 bridgehead atoms. The summed E-state index contributed by atoms with van der Waals surface area (Å²) in [5.74, 6) is -0.887. The van der Waals surface area contributed by atoms with Crippen molar-refractivity contribution in [3.63, 3.8) is 0 Å². The lowest BCUT2D eigenvalue weighted by atomic mass is 10.0. The lowest BCUT2D eigenvalue weighted by Gasteiger charge is -2.01. The van der Waals surface area contributed by atoms with Gasteiger partial charge in [-0.05, 0) is 24.5 Å². The normalized spacial score (nSPS) is 15.3. The molecule has 1 saturated carbocycles. The third kappa shape index (κ3) is 2.85. The van der Waals surface area contributed by atoms with Crippen LogP contribution in [0, 0.1) is 17.6 Å². The quantitative estimate of drug-likeness (QED) is 0.696. The molecular formula is C12H12F2O. The first kappa shape index (κ1) is 10.3. The first-order valence-corrected chi connectivity index (χ1v) is 5.14. The van der Waals surface area contributed by atoms with Gasteiger partial charge in [-0.3, -0.25) is 4.79 Å². The fraction of sp³-hybridized carbons (Fsp3) is 0.417. The molecule has 1 aliphatic rings. The monoisotopic (exact) mass is 210 g/mol. The summed E-state index contributed by atoms with van der Waals surface area (Å²) in [5.41, 5.74) is 0.146. The standard InChI is InChI=1S/C12H12F2O/c13-10-5-9(6-11(14)7-10)12(15)4-3-8-1-2-8/h5-8H,1-4H2. The first-order chi connectivity index (χ1) is 7.15. The minimum atomic E-state index is -0.690. The van der Waals surface area contributed by atoms with Gasteiger partial charge in [0.2, 0.25) is 0 Å². The van der Waals surface area contributed by atoms with Crippen molar-refractivity contribution in [3.8, 4) is 0 Å². The van der Waals surface area contributed by atoms with Crippen molar-refractivity contribution in [2.45, 2.75) is 25.7 Å². The number of halogens is 2. The molecule has 1 aliphatic carbocycles. The van der Waals surface area contributed by atoms with E-state index in [0.717, 1.165) is 24.6 Å². The molecule has 0 amide bonds. The average molecular weight is 210 g/mol. The molecule has 15 heavy (non-hydrogen) atoms. The SMILES string of the molecule is O=C(CCC1CC1)c1cc(F)cc(F)c1. The van der Waals surface area contributed by atoms with Crippen LogP contribution >= 0.6 is 0 Å². The second-order valence-electron chi connectivity index (χ2n) is 4.06. The molecule has 0 N–H and O–H groups in total. The van der Waals surface area contributed by atoms with E-state index in [2.05, 4.69) is 0 Å². The maximum Gasteiger partial charge on any atom is 0.163 e. The number of hydrogen-bond acceptors (Lipinski definition) is 1. The molecular weight excluding hydrogens is 198 g/mol. The Hall–Kier alpha value is -1.25. The Balaban J connectivity index is 2.02. The van der Waals surface area contributed by atoms with Crippen LogP contribution in [0.4, 0.5) is 8.78 Å². The summed E-state index contributed by atoms with van der Waals surface area (Å²) in [5, 5.41) is 0. The molecule has 3 heteroatoms. The van der Waals surface area contributed by atoms with E-state index in [-0.39, 0.29) is 11.3 Å². The van der Waals surface area contributed by atoms with Crippen LogP contribution in [-0.4, -0.2) is 5.78 Å². The highest BCUT2D eigenvalue weighted by Crippen LogP contribution is 2.33. The zero-order chi connectivity index (χ0) is 10.8. The topological polar surface area (TPSA) is 17.1 Å². The van der Waals surface area contributed by atoms with Gasteiger partial charge in [0.15, 0.2) is 5.78 Å². The molecule has 0 atom stereocenters. The van der Waals surface area contributed by atoms with Gasteiger partial charge in [-0.1, -0.05) is 12.8 Å². The maximum atomic E-state index is 12.8. The molecule has 0 aromatic heterocycles. The lowest BCUT2D eigenvalue weighted by molar-refractivity contribution is 0.0977. The van der Waals surface area contributed by atoms with Crippen LogP contribution in [0.1, 0.15) is 36.0 Å². The summed E-state index contributed by atoms with van der Waals surface area (Å²) in [4.78, 5) is 11.5. The number of rotatable bonds is 4. The van der Waals surface area contributed by atoms with Gasteiger partial charge in [0.1, 0.15) is 11.6 Å².